The molecule has 0 saturated heterocycles. The van der Waals surface area contributed by atoms with Gasteiger partial charge in [-0.05, 0) is 92.2 Å². The first-order chi connectivity index (χ1) is 23.8. The lowest BCUT2D eigenvalue weighted by atomic mass is 9.57. The number of fused-ring (bicyclic) bond motifs is 6. The van der Waals surface area contributed by atoms with E-state index in [4.69, 9.17) is 0 Å². The number of benzene rings is 8. The van der Waals surface area contributed by atoms with Crippen molar-refractivity contribution in [2.45, 2.75) is 9.79 Å². The number of anilines is 5. The van der Waals surface area contributed by atoms with E-state index in [2.05, 4.69) is 181 Å². The van der Waals surface area contributed by atoms with Gasteiger partial charge in [-0.3, -0.25) is 0 Å². The van der Waals surface area contributed by atoms with E-state index in [1.165, 1.54) is 81.6 Å². The minimum Gasteiger partial charge on any atom is -0.355 e. The molecular weight excluding hydrogens is 599 g/mol. The maximum atomic E-state index is 3.86. The summed E-state index contributed by atoms with van der Waals surface area (Å²) in [5.41, 5.74) is 13.2. The van der Waals surface area contributed by atoms with E-state index in [0.717, 1.165) is 11.4 Å². The van der Waals surface area contributed by atoms with Crippen molar-refractivity contribution in [1.29, 1.82) is 0 Å². The molecule has 0 aliphatic carbocycles. The molecule has 0 spiro atoms. The molecule has 4 heteroatoms. The number of rotatable bonds is 4. The van der Waals surface area contributed by atoms with Crippen molar-refractivity contribution in [3.63, 3.8) is 0 Å². The molecule has 8 aromatic carbocycles. The summed E-state index contributed by atoms with van der Waals surface area (Å²) in [6.07, 6.45) is 0. The molecule has 2 aliphatic heterocycles. The Morgan fingerprint density at radius 2 is 1.21 bits per heavy atom. The second-order valence-corrected chi connectivity index (χ2v) is 13.5. The van der Waals surface area contributed by atoms with E-state index in [9.17, 15) is 0 Å². The summed E-state index contributed by atoms with van der Waals surface area (Å²) >= 11 is 1.86. The molecule has 2 aliphatic rings. The first-order valence-corrected chi connectivity index (χ1v) is 17.2. The first-order valence-electron chi connectivity index (χ1n) is 16.3. The van der Waals surface area contributed by atoms with E-state index >= 15 is 0 Å². The summed E-state index contributed by atoms with van der Waals surface area (Å²) in [7, 11) is 2.41. The van der Waals surface area contributed by atoms with E-state index in [-0.39, 0.29) is 0 Å². The normalized spacial score (nSPS) is 12.6. The van der Waals surface area contributed by atoms with E-state index in [0.29, 0.717) is 0 Å². The summed E-state index contributed by atoms with van der Waals surface area (Å²) in [6.45, 7) is 0. The Morgan fingerprint density at radius 1 is 0.521 bits per heavy atom. The van der Waals surface area contributed by atoms with E-state index < -0.39 is 0 Å². The molecule has 0 bridgehead atoms. The zero-order valence-corrected chi connectivity index (χ0v) is 26.8. The van der Waals surface area contributed by atoms with Gasteiger partial charge < -0.3 is 10.2 Å². The lowest BCUT2D eigenvalue weighted by molar-refractivity contribution is 1.18. The topological polar surface area (TPSA) is 15.3 Å². The maximum absolute atomic E-state index is 3.86. The first kappa shape index (κ1) is 27.4. The highest BCUT2D eigenvalue weighted by Gasteiger charge is 2.34. The van der Waals surface area contributed by atoms with Crippen molar-refractivity contribution in [1.82, 2.24) is 0 Å². The Morgan fingerprint density at radius 3 is 2.06 bits per heavy atom. The van der Waals surface area contributed by atoms with Crippen molar-refractivity contribution in [3.8, 4) is 22.3 Å². The van der Waals surface area contributed by atoms with Gasteiger partial charge >= 0.3 is 0 Å². The Kier molecular flexibility index (Phi) is 6.25. The molecule has 0 amide bonds. The van der Waals surface area contributed by atoms with Gasteiger partial charge in [0, 0.05) is 32.4 Å². The second kappa shape index (κ2) is 10.9. The number of hydrogen-bond donors (Lipinski definition) is 1. The third-order valence-electron chi connectivity index (χ3n) is 9.61. The molecule has 2 heterocycles. The van der Waals surface area contributed by atoms with Gasteiger partial charge in [-0.15, -0.1) is 0 Å². The van der Waals surface area contributed by atoms with Crippen molar-refractivity contribution in [2.24, 2.45) is 0 Å². The van der Waals surface area contributed by atoms with Gasteiger partial charge in [0.2, 0.25) is 0 Å². The fraction of sp³-hybridized carbons (Fsp3) is 0. The largest absolute Gasteiger partial charge is 0.355 e. The van der Waals surface area contributed by atoms with Gasteiger partial charge in [-0.1, -0.05) is 132 Å². The van der Waals surface area contributed by atoms with Gasteiger partial charge in [0.05, 0.1) is 11.4 Å². The molecule has 1 N–H and O–H groups in total. The van der Waals surface area contributed by atoms with Crippen LogP contribution in [0.3, 0.4) is 0 Å². The van der Waals surface area contributed by atoms with Crippen LogP contribution in [0.15, 0.2) is 174 Å². The zero-order valence-electron chi connectivity index (χ0n) is 26.0. The number of hydrogen-bond acceptors (Lipinski definition) is 3. The molecule has 0 aromatic heterocycles. The van der Waals surface area contributed by atoms with Gasteiger partial charge in [0.25, 0.3) is 0 Å². The van der Waals surface area contributed by atoms with Crippen LogP contribution < -0.4 is 21.1 Å². The zero-order chi connectivity index (χ0) is 31.6. The van der Waals surface area contributed by atoms with Gasteiger partial charge in [-0.2, -0.15) is 0 Å². The third kappa shape index (κ3) is 4.37. The fourth-order valence-electron chi connectivity index (χ4n) is 7.40. The number of nitrogens with zero attached hydrogens (tertiary/aromatic N) is 1. The van der Waals surface area contributed by atoms with Crippen LogP contribution in [0.2, 0.25) is 0 Å². The quantitative estimate of drug-likeness (QED) is 0.196. The van der Waals surface area contributed by atoms with Crippen LogP contribution in [0, 0.1) is 0 Å². The molecular formula is C44H28BN2S. The smallest absolute Gasteiger partial charge is 0.197 e. The van der Waals surface area contributed by atoms with Gasteiger partial charge in [0.1, 0.15) is 0 Å². The summed E-state index contributed by atoms with van der Waals surface area (Å²) in [6, 6.07) is 59.4. The van der Waals surface area contributed by atoms with Crippen molar-refractivity contribution < 1.29 is 0 Å². The van der Waals surface area contributed by atoms with Crippen LogP contribution in [-0.2, 0) is 0 Å². The van der Waals surface area contributed by atoms with Crippen LogP contribution in [0.25, 0.3) is 43.8 Å². The molecule has 0 saturated carbocycles. The standard InChI is InChI=1S/C44H28BN2S/c1-2-11-28(12-3-1)29-21-23-33(24-22-29)46-37-26-31-14-5-4-13-30(31)25-35(37)42-34-16-7-6-15-32(34)27-39-43(42)45-36-17-10-20-41-44(36)47(39)38-18-8-9-19-40(38)48-41/h1-27,46H. The predicted octanol–water partition coefficient (Wildman–Crippen LogP) is 11.0. The van der Waals surface area contributed by atoms with Crippen LogP contribution in [0.4, 0.5) is 28.4 Å². The van der Waals surface area contributed by atoms with Crippen LogP contribution in [0.5, 0.6) is 0 Å². The Balaban J connectivity index is 1.21. The maximum Gasteiger partial charge on any atom is 0.197 e. The third-order valence-corrected chi connectivity index (χ3v) is 10.7. The molecule has 48 heavy (non-hydrogen) atoms. The monoisotopic (exact) mass is 627 g/mol. The lowest BCUT2D eigenvalue weighted by Gasteiger charge is -2.40. The predicted molar refractivity (Wildman–Crippen MR) is 206 cm³/mol. The molecule has 8 aromatic rings. The SMILES string of the molecule is [B]1c2cccc3c2N(c2ccccc2S3)c2cc3ccccc3c(-c3cc4ccccc4cc3Nc3ccc(-c4ccccc4)cc3)c21. The van der Waals surface area contributed by atoms with Crippen LogP contribution >= 0.6 is 11.8 Å². The van der Waals surface area contributed by atoms with Crippen LogP contribution in [-0.4, -0.2) is 7.28 Å². The molecule has 2 nitrogen and oxygen atoms in total. The van der Waals surface area contributed by atoms with E-state index in [1.807, 2.05) is 11.8 Å². The molecule has 0 unspecified atom stereocenters. The van der Waals surface area contributed by atoms with Gasteiger partial charge in [-0.25, -0.2) is 0 Å². The summed E-state index contributed by atoms with van der Waals surface area (Å²) < 4.78 is 0. The Bertz CT molecular complexity index is 2540. The Hall–Kier alpha value is -5.71. The summed E-state index contributed by atoms with van der Waals surface area (Å²) in [5.74, 6) is 0. The van der Waals surface area contributed by atoms with Gasteiger partial charge in [0.15, 0.2) is 7.28 Å². The fourth-order valence-corrected chi connectivity index (χ4v) is 8.50. The molecule has 1 radical (unpaired) electrons. The van der Waals surface area contributed by atoms with E-state index in [1.54, 1.807) is 0 Å². The highest BCUT2D eigenvalue weighted by Crippen LogP contribution is 2.52. The highest BCUT2D eigenvalue weighted by molar-refractivity contribution is 7.99. The highest BCUT2D eigenvalue weighted by atomic mass is 32.2. The Labute approximate surface area is 284 Å². The van der Waals surface area contributed by atoms with Crippen molar-refractivity contribution in [3.05, 3.63) is 164 Å². The molecule has 223 valence electrons. The molecule has 0 atom stereocenters. The molecule has 10 rings (SSSR count). The average molecular weight is 628 g/mol. The van der Waals surface area contributed by atoms with Crippen LogP contribution in [0.1, 0.15) is 0 Å². The summed E-state index contributed by atoms with van der Waals surface area (Å²) in [4.78, 5) is 5.06. The van der Waals surface area contributed by atoms with Crippen molar-refractivity contribution >= 4 is 79.9 Å². The average Bonchev–Trinajstić information content (AvgIpc) is 3.14. The molecule has 0 fully saturated rings. The summed E-state index contributed by atoms with van der Waals surface area (Å²) in [5, 5.41) is 8.76. The second-order valence-electron chi connectivity index (χ2n) is 12.5. The minimum absolute atomic E-state index is 1.06. The minimum atomic E-state index is 1.06. The van der Waals surface area contributed by atoms with Crippen molar-refractivity contribution in [2.75, 3.05) is 10.2 Å². The number of nitrogens with one attached hydrogen (secondary N) is 1. The lowest BCUT2D eigenvalue weighted by Crippen LogP contribution is -2.42. The number of para-hydroxylation sites is 2.